The molecule has 1 aromatic carbocycles. The molecule has 1 unspecified atom stereocenters. The highest BCUT2D eigenvalue weighted by Crippen LogP contribution is 2.13. The van der Waals surface area contributed by atoms with Gasteiger partial charge in [-0.1, -0.05) is 35.0 Å². The van der Waals surface area contributed by atoms with Crippen LogP contribution >= 0.6 is 15.9 Å². The van der Waals surface area contributed by atoms with Crippen molar-refractivity contribution in [1.29, 1.82) is 0 Å². The summed E-state index contributed by atoms with van der Waals surface area (Å²) in [5, 5.41) is 3.57. The summed E-state index contributed by atoms with van der Waals surface area (Å²) in [5.74, 6) is 0. The van der Waals surface area contributed by atoms with Gasteiger partial charge in [0, 0.05) is 23.6 Å². The average Bonchev–Trinajstić information content (AvgIpc) is 2.84. The lowest BCUT2D eigenvalue weighted by atomic mass is 10.1. The second kappa shape index (κ2) is 6.53. The topological polar surface area (TPSA) is 15.3 Å². The molecular formula is C14H21BrN2. The molecule has 3 heteroatoms. The fourth-order valence-electron chi connectivity index (χ4n) is 2.38. The minimum Gasteiger partial charge on any atom is -0.313 e. The molecule has 1 saturated heterocycles. The Morgan fingerprint density at radius 2 is 2.12 bits per heavy atom. The van der Waals surface area contributed by atoms with Crippen LogP contribution in [0, 0.1) is 0 Å². The zero-order valence-corrected chi connectivity index (χ0v) is 12.0. The molecule has 2 nitrogen and oxygen atoms in total. The number of hydrogen-bond donors (Lipinski definition) is 1. The van der Waals surface area contributed by atoms with Crippen LogP contribution in [0.25, 0.3) is 0 Å². The fraction of sp³-hybridized carbons (Fsp3) is 0.571. The summed E-state index contributed by atoms with van der Waals surface area (Å²) < 4.78 is 1.15. The highest BCUT2D eigenvalue weighted by Gasteiger charge is 2.16. The van der Waals surface area contributed by atoms with Crippen LogP contribution in [0.5, 0.6) is 0 Å². The average molecular weight is 297 g/mol. The molecule has 1 aliphatic heterocycles. The molecule has 0 spiro atoms. The molecule has 1 N–H and O–H groups in total. The summed E-state index contributed by atoms with van der Waals surface area (Å²) in [7, 11) is 0. The smallest absolute Gasteiger partial charge is 0.0234 e. The Bertz CT molecular complexity index is 331. The lowest BCUT2D eigenvalue weighted by Gasteiger charge is -2.24. The van der Waals surface area contributed by atoms with E-state index in [0.29, 0.717) is 6.04 Å². The first-order valence-electron chi connectivity index (χ1n) is 6.48. The van der Waals surface area contributed by atoms with E-state index in [0.717, 1.165) is 17.6 Å². The SMILES string of the molecule is CCN(Cc1ccc(Br)cc1)CC1CCCN1. The third-order valence-corrected chi connectivity index (χ3v) is 3.94. The Kier molecular flexibility index (Phi) is 5.01. The van der Waals surface area contributed by atoms with Gasteiger partial charge in [0.25, 0.3) is 0 Å². The van der Waals surface area contributed by atoms with Crippen molar-refractivity contribution in [2.75, 3.05) is 19.6 Å². The van der Waals surface area contributed by atoms with Gasteiger partial charge in [0.1, 0.15) is 0 Å². The monoisotopic (exact) mass is 296 g/mol. The van der Waals surface area contributed by atoms with Crippen molar-refractivity contribution in [3.8, 4) is 0 Å². The Morgan fingerprint density at radius 1 is 1.35 bits per heavy atom. The lowest BCUT2D eigenvalue weighted by Crippen LogP contribution is -2.37. The van der Waals surface area contributed by atoms with Crippen molar-refractivity contribution in [3.63, 3.8) is 0 Å². The molecule has 94 valence electrons. The summed E-state index contributed by atoms with van der Waals surface area (Å²) in [4.78, 5) is 2.52. The van der Waals surface area contributed by atoms with Crippen molar-refractivity contribution >= 4 is 15.9 Å². The van der Waals surface area contributed by atoms with E-state index in [1.165, 1.54) is 31.5 Å². The van der Waals surface area contributed by atoms with Crippen molar-refractivity contribution in [2.24, 2.45) is 0 Å². The zero-order valence-electron chi connectivity index (χ0n) is 10.5. The molecule has 2 rings (SSSR count). The number of halogens is 1. The number of likely N-dealkylation sites (N-methyl/N-ethyl adjacent to an activating group) is 1. The molecular weight excluding hydrogens is 276 g/mol. The largest absolute Gasteiger partial charge is 0.313 e. The molecule has 1 fully saturated rings. The fourth-order valence-corrected chi connectivity index (χ4v) is 2.64. The minimum atomic E-state index is 0.699. The van der Waals surface area contributed by atoms with Crippen molar-refractivity contribution in [3.05, 3.63) is 34.3 Å². The molecule has 1 aromatic rings. The maximum absolute atomic E-state index is 3.57. The lowest BCUT2D eigenvalue weighted by molar-refractivity contribution is 0.253. The van der Waals surface area contributed by atoms with Gasteiger partial charge in [-0.15, -0.1) is 0 Å². The second-order valence-electron chi connectivity index (χ2n) is 4.75. The highest BCUT2D eigenvalue weighted by molar-refractivity contribution is 9.10. The molecule has 1 heterocycles. The molecule has 0 aliphatic carbocycles. The predicted octanol–water partition coefficient (Wildman–Crippen LogP) is 3.02. The normalized spacial score (nSPS) is 20.1. The van der Waals surface area contributed by atoms with E-state index < -0.39 is 0 Å². The number of nitrogens with one attached hydrogen (secondary N) is 1. The predicted molar refractivity (Wildman–Crippen MR) is 76.1 cm³/mol. The summed E-state index contributed by atoms with van der Waals surface area (Å²) in [5.41, 5.74) is 1.40. The number of rotatable bonds is 5. The van der Waals surface area contributed by atoms with Crippen LogP contribution in [-0.4, -0.2) is 30.6 Å². The van der Waals surface area contributed by atoms with E-state index in [1.54, 1.807) is 0 Å². The number of benzene rings is 1. The van der Waals surface area contributed by atoms with E-state index in [4.69, 9.17) is 0 Å². The Hall–Kier alpha value is -0.380. The summed E-state index contributed by atoms with van der Waals surface area (Å²) in [6.07, 6.45) is 2.66. The Morgan fingerprint density at radius 3 is 2.71 bits per heavy atom. The van der Waals surface area contributed by atoms with Crippen molar-refractivity contribution < 1.29 is 0 Å². The van der Waals surface area contributed by atoms with Crippen LogP contribution in [0.4, 0.5) is 0 Å². The summed E-state index contributed by atoms with van der Waals surface area (Å²) in [6.45, 7) is 6.79. The third kappa shape index (κ3) is 4.09. The quantitative estimate of drug-likeness (QED) is 0.898. The maximum Gasteiger partial charge on any atom is 0.0234 e. The first-order valence-corrected chi connectivity index (χ1v) is 7.27. The highest BCUT2D eigenvalue weighted by atomic mass is 79.9. The van der Waals surface area contributed by atoms with Gasteiger partial charge in [-0.2, -0.15) is 0 Å². The van der Waals surface area contributed by atoms with E-state index >= 15 is 0 Å². The van der Waals surface area contributed by atoms with E-state index in [9.17, 15) is 0 Å². The molecule has 17 heavy (non-hydrogen) atoms. The molecule has 1 atom stereocenters. The first-order chi connectivity index (χ1) is 8.28. The van der Waals surface area contributed by atoms with E-state index in [1.807, 2.05) is 0 Å². The second-order valence-corrected chi connectivity index (χ2v) is 5.66. The molecule has 0 saturated carbocycles. The van der Waals surface area contributed by atoms with Gasteiger partial charge in [-0.3, -0.25) is 4.90 Å². The van der Waals surface area contributed by atoms with Crippen molar-refractivity contribution in [2.45, 2.75) is 32.4 Å². The van der Waals surface area contributed by atoms with Gasteiger partial charge < -0.3 is 5.32 Å². The number of hydrogen-bond acceptors (Lipinski definition) is 2. The van der Waals surface area contributed by atoms with Gasteiger partial charge in [0.15, 0.2) is 0 Å². The molecule has 1 aliphatic rings. The maximum atomic E-state index is 3.57. The Labute approximate surface area is 113 Å². The minimum absolute atomic E-state index is 0.699. The van der Waals surface area contributed by atoms with E-state index in [-0.39, 0.29) is 0 Å². The van der Waals surface area contributed by atoms with Crippen LogP contribution in [0.1, 0.15) is 25.3 Å². The van der Waals surface area contributed by atoms with Crippen LogP contribution < -0.4 is 5.32 Å². The number of nitrogens with zero attached hydrogens (tertiary/aromatic N) is 1. The summed E-state index contributed by atoms with van der Waals surface area (Å²) >= 11 is 3.48. The standard InChI is InChI=1S/C14H21BrN2/c1-2-17(11-14-4-3-9-16-14)10-12-5-7-13(15)8-6-12/h5-8,14,16H,2-4,9-11H2,1H3. The van der Waals surface area contributed by atoms with Gasteiger partial charge in [0.05, 0.1) is 0 Å². The van der Waals surface area contributed by atoms with Crippen LogP contribution in [0.3, 0.4) is 0 Å². The summed E-state index contributed by atoms with van der Waals surface area (Å²) in [6, 6.07) is 9.35. The van der Waals surface area contributed by atoms with Crippen LogP contribution in [0.2, 0.25) is 0 Å². The van der Waals surface area contributed by atoms with Crippen LogP contribution in [0.15, 0.2) is 28.7 Å². The van der Waals surface area contributed by atoms with Crippen molar-refractivity contribution in [1.82, 2.24) is 10.2 Å². The van der Waals surface area contributed by atoms with Gasteiger partial charge >= 0.3 is 0 Å². The van der Waals surface area contributed by atoms with Gasteiger partial charge in [0.2, 0.25) is 0 Å². The van der Waals surface area contributed by atoms with Gasteiger partial charge in [-0.05, 0) is 43.6 Å². The third-order valence-electron chi connectivity index (χ3n) is 3.41. The Balaban J connectivity index is 1.87. The van der Waals surface area contributed by atoms with Crippen LogP contribution in [-0.2, 0) is 6.54 Å². The van der Waals surface area contributed by atoms with Gasteiger partial charge in [-0.25, -0.2) is 0 Å². The molecule has 0 radical (unpaired) electrons. The molecule has 0 amide bonds. The zero-order chi connectivity index (χ0) is 12.1. The van der Waals surface area contributed by atoms with E-state index in [2.05, 4.69) is 57.3 Å². The first kappa shape index (κ1) is 13.1. The molecule has 0 bridgehead atoms. The molecule has 0 aromatic heterocycles.